The smallest absolute Gasteiger partial charge is 0.339 e. The zero-order chi connectivity index (χ0) is 11.4. The molecule has 0 fully saturated rings. The largest absolute Gasteiger partial charge is 0.389 e. The molecule has 0 N–H and O–H groups in total. The standard InChI is InChI=1S/C10H13N2O2S/c1-8(13)12-6-4-9(5-7-12)15-10(14)11(2)3/h4-7H,1-3H3/q+1. The average molecular weight is 225 g/mol. The third-order valence-corrected chi connectivity index (χ3v) is 2.78. The molecule has 0 aliphatic carbocycles. The molecule has 0 radical (unpaired) electrons. The van der Waals surface area contributed by atoms with Crippen LogP contribution in [0.3, 0.4) is 0 Å². The lowest BCUT2D eigenvalue weighted by molar-refractivity contribution is -0.573. The normalized spacial score (nSPS) is 9.80. The van der Waals surface area contributed by atoms with Crippen LogP contribution < -0.4 is 4.57 Å². The lowest BCUT2D eigenvalue weighted by atomic mass is 10.5. The molecule has 0 atom stereocenters. The van der Waals surface area contributed by atoms with Crippen molar-refractivity contribution < 1.29 is 14.2 Å². The van der Waals surface area contributed by atoms with E-state index in [9.17, 15) is 9.59 Å². The molecule has 1 heterocycles. The van der Waals surface area contributed by atoms with Crippen molar-refractivity contribution in [2.24, 2.45) is 0 Å². The van der Waals surface area contributed by atoms with Crippen molar-refractivity contribution in [3.63, 3.8) is 0 Å². The summed E-state index contributed by atoms with van der Waals surface area (Å²) in [6, 6.07) is 3.49. The van der Waals surface area contributed by atoms with Crippen LogP contribution in [0.2, 0.25) is 0 Å². The van der Waals surface area contributed by atoms with Gasteiger partial charge in [0.1, 0.15) is 0 Å². The summed E-state index contributed by atoms with van der Waals surface area (Å²) < 4.78 is 1.46. The van der Waals surface area contributed by atoms with E-state index < -0.39 is 0 Å². The Morgan fingerprint density at radius 3 is 2.20 bits per heavy atom. The van der Waals surface area contributed by atoms with Gasteiger partial charge in [-0.15, -0.1) is 4.57 Å². The monoisotopic (exact) mass is 225 g/mol. The number of carbonyl (C=O) groups excluding carboxylic acids is 2. The first-order valence-electron chi connectivity index (χ1n) is 4.42. The second-order valence-electron chi connectivity index (χ2n) is 3.22. The zero-order valence-electron chi connectivity index (χ0n) is 8.93. The molecule has 1 aromatic heterocycles. The SMILES string of the molecule is CC(=O)[n+]1ccc(SC(=O)N(C)C)cc1. The quantitative estimate of drug-likeness (QED) is 0.536. The molecule has 1 rings (SSSR count). The molecule has 1 amide bonds. The summed E-state index contributed by atoms with van der Waals surface area (Å²) in [5, 5.41) is -0.0319. The van der Waals surface area contributed by atoms with E-state index >= 15 is 0 Å². The molecular formula is C10H13N2O2S+. The summed E-state index contributed by atoms with van der Waals surface area (Å²) in [6.45, 7) is 1.48. The zero-order valence-corrected chi connectivity index (χ0v) is 9.75. The van der Waals surface area contributed by atoms with Crippen molar-refractivity contribution in [1.29, 1.82) is 0 Å². The molecule has 4 nitrogen and oxygen atoms in total. The number of thioether (sulfide) groups is 1. The summed E-state index contributed by atoms with van der Waals surface area (Å²) >= 11 is 1.13. The number of nitrogens with zero attached hydrogens (tertiary/aromatic N) is 2. The molecule has 15 heavy (non-hydrogen) atoms. The van der Waals surface area contributed by atoms with Gasteiger partial charge in [0.15, 0.2) is 12.4 Å². The molecule has 1 aromatic rings. The Labute approximate surface area is 92.9 Å². The summed E-state index contributed by atoms with van der Waals surface area (Å²) in [4.78, 5) is 24.7. The van der Waals surface area contributed by atoms with Crippen LogP contribution in [0.5, 0.6) is 0 Å². The maximum Gasteiger partial charge on any atom is 0.389 e. The molecular weight excluding hydrogens is 212 g/mol. The summed E-state index contributed by atoms with van der Waals surface area (Å²) in [6.07, 6.45) is 3.29. The van der Waals surface area contributed by atoms with E-state index in [1.54, 1.807) is 38.6 Å². The fourth-order valence-corrected chi connectivity index (χ4v) is 1.52. The molecule has 5 heteroatoms. The summed E-state index contributed by atoms with van der Waals surface area (Å²) in [5.74, 6) is -0.0505. The van der Waals surface area contributed by atoms with Crippen LogP contribution in [0, 0.1) is 0 Å². The van der Waals surface area contributed by atoms with Crippen molar-refractivity contribution in [2.75, 3.05) is 14.1 Å². The lowest BCUT2D eigenvalue weighted by Gasteiger charge is -2.07. The van der Waals surface area contributed by atoms with Crippen LogP contribution in [0.25, 0.3) is 0 Å². The minimum Gasteiger partial charge on any atom is -0.339 e. The Balaban J connectivity index is 2.73. The number of pyridine rings is 1. The lowest BCUT2D eigenvalue weighted by Crippen LogP contribution is -2.39. The Morgan fingerprint density at radius 1 is 1.27 bits per heavy atom. The van der Waals surface area contributed by atoms with Gasteiger partial charge in [0.05, 0.1) is 6.92 Å². The van der Waals surface area contributed by atoms with Gasteiger partial charge in [-0.25, -0.2) is 4.79 Å². The summed E-state index contributed by atoms with van der Waals surface area (Å²) in [5.41, 5.74) is 0. The molecule has 0 aliphatic rings. The van der Waals surface area contributed by atoms with Gasteiger partial charge in [-0.2, -0.15) is 0 Å². The molecule has 0 spiro atoms. The third kappa shape index (κ3) is 3.36. The van der Waals surface area contributed by atoms with Crippen LogP contribution in [0.1, 0.15) is 11.7 Å². The molecule has 0 aromatic carbocycles. The van der Waals surface area contributed by atoms with Crippen LogP contribution in [-0.2, 0) is 0 Å². The van der Waals surface area contributed by atoms with Gasteiger partial charge in [0.2, 0.25) is 0 Å². The van der Waals surface area contributed by atoms with Gasteiger partial charge in [0.25, 0.3) is 5.24 Å². The van der Waals surface area contributed by atoms with Gasteiger partial charge >= 0.3 is 5.91 Å². The second kappa shape index (κ2) is 4.93. The van der Waals surface area contributed by atoms with Gasteiger partial charge < -0.3 is 4.90 Å². The van der Waals surface area contributed by atoms with Gasteiger partial charge in [-0.3, -0.25) is 4.79 Å². The third-order valence-electron chi connectivity index (χ3n) is 1.73. The number of hydrogen-bond donors (Lipinski definition) is 0. The van der Waals surface area contributed by atoms with E-state index in [1.165, 1.54) is 16.4 Å². The maximum atomic E-state index is 11.3. The highest BCUT2D eigenvalue weighted by Crippen LogP contribution is 2.18. The Hall–Kier alpha value is -1.36. The second-order valence-corrected chi connectivity index (χ2v) is 4.25. The predicted octanol–water partition coefficient (Wildman–Crippen LogP) is 1.41. The first kappa shape index (κ1) is 11.7. The van der Waals surface area contributed by atoms with E-state index in [4.69, 9.17) is 0 Å². The Kier molecular flexibility index (Phi) is 3.85. The van der Waals surface area contributed by atoms with E-state index in [0.29, 0.717) is 0 Å². The van der Waals surface area contributed by atoms with Gasteiger partial charge in [0, 0.05) is 31.1 Å². The topological polar surface area (TPSA) is 41.3 Å². The Morgan fingerprint density at radius 2 is 1.80 bits per heavy atom. The number of rotatable bonds is 1. The molecule has 0 unspecified atom stereocenters. The molecule has 80 valence electrons. The van der Waals surface area contributed by atoms with Crippen LogP contribution >= 0.6 is 11.8 Å². The maximum absolute atomic E-state index is 11.3. The van der Waals surface area contributed by atoms with Crippen LogP contribution in [0.4, 0.5) is 4.79 Å². The number of hydrogen-bond acceptors (Lipinski definition) is 3. The van der Waals surface area contributed by atoms with Crippen molar-refractivity contribution in [2.45, 2.75) is 11.8 Å². The minimum absolute atomic E-state index is 0.0319. The molecule has 0 saturated heterocycles. The fraction of sp³-hybridized carbons (Fsp3) is 0.300. The number of carbonyl (C=O) groups is 2. The first-order chi connectivity index (χ1) is 7.00. The van der Waals surface area contributed by atoms with Crippen molar-refractivity contribution in [1.82, 2.24) is 4.90 Å². The van der Waals surface area contributed by atoms with Crippen LogP contribution in [-0.4, -0.2) is 30.1 Å². The highest BCUT2D eigenvalue weighted by atomic mass is 32.2. The molecule has 0 bridgehead atoms. The summed E-state index contributed by atoms with van der Waals surface area (Å²) in [7, 11) is 3.40. The highest BCUT2D eigenvalue weighted by Gasteiger charge is 2.10. The number of aromatic nitrogens is 1. The average Bonchev–Trinajstić information content (AvgIpc) is 2.18. The predicted molar refractivity (Wildman–Crippen MR) is 57.9 cm³/mol. The first-order valence-corrected chi connectivity index (χ1v) is 5.24. The Bertz CT molecular complexity index is 374. The molecule has 0 saturated carbocycles. The van der Waals surface area contributed by atoms with E-state index in [0.717, 1.165) is 16.7 Å². The van der Waals surface area contributed by atoms with E-state index in [2.05, 4.69) is 0 Å². The van der Waals surface area contributed by atoms with Crippen molar-refractivity contribution in [3.8, 4) is 0 Å². The highest BCUT2D eigenvalue weighted by molar-refractivity contribution is 8.13. The van der Waals surface area contributed by atoms with E-state index in [-0.39, 0.29) is 11.1 Å². The van der Waals surface area contributed by atoms with Crippen LogP contribution in [0.15, 0.2) is 29.4 Å². The van der Waals surface area contributed by atoms with E-state index in [1.807, 2.05) is 0 Å². The van der Waals surface area contributed by atoms with Gasteiger partial charge in [-0.05, 0) is 11.8 Å². The number of amides is 1. The van der Waals surface area contributed by atoms with Gasteiger partial charge in [-0.1, -0.05) is 0 Å². The van der Waals surface area contributed by atoms with Crippen molar-refractivity contribution >= 4 is 22.9 Å². The fourth-order valence-electron chi connectivity index (χ4n) is 0.883. The molecule has 0 aliphatic heterocycles. The van der Waals surface area contributed by atoms with Crippen molar-refractivity contribution in [3.05, 3.63) is 24.5 Å². The minimum atomic E-state index is -0.0505.